The van der Waals surface area contributed by atoms with Crippen molar-refractivity contribution in [1.82, 2.24) is 0 Å². The molecule has 8 aromatic carbocycles. The van der Waals surface area contributed by atoms with Crippen LogP contribution in [0.15, 0.2) is 180 Å². The molecule has 1 aliphatic carbocycles. The minimum Gasteiger partial charge on any atom is -0.310 e. The summed E-state index contributed by atoms with van der Waals surface area (Å²) in [7, 11) is 0. The summed E-state index contributed by atoms with van der Waals surface area (Å²) in [4.78, 5) is 7.36. The van der Waals surface area contributed by atoms with Crippen LogP contribution in [0.3, 0.4) is 0 Å². The highest BCUT2D eigenvalue weighted by molar-refractivity contribution is 9.10. The van der Waals surface area contributed by atoms with E-state index in [0.29, 0.717) is 0 Å². The van der Waals surface area contributed by atoms with Crippen LogP contribution in [0, 0.1) is 0 Å². The quantitative estimate of drug-likeness (QED) is 0.143. The van der Waals surface area contributed by atoms with E-state index >= 15 is 0 Å². The van der Waals surface area contributed by atoms with Crippen LogP contribution in [-0.2, 0) is 32.5 Å². The lowest BCUT2D eigenvalue weighted by Gasteiger charge is -2.35. The lowest BCUT2D eigenvalue weighted by Crippen LogP contribution is -2.20. The molecule has 0 amide bonds. The van der Waals surface area contributed by atoms with Crippen LogP contribution in [0.4, 0.5) is 51.2 Å². The molecular weight excluding hydrogens is 975 g/mol. The molecule has 0 fully saturated rings. The minimum atomic E-state index is -0.202. The molecule has 75 heavy (non-hydrogen) atoms. The van der Waals surface area contributed by atoms with Gasteiger partial charge in [0.15, 0.2) is 0 Å². The molecule has 0 aromatic heterocycles. The van der Waals surface area contributed by atoms with Crippen molar-refractivity contribution in [2.45, 2.75) is 150 Å². The number of fused-ring (bicyclic) bond motifs is 3. The lowest BCUT2D eigenvalue weighted by atomic mass is 9.82. The second kappa shape index (κ2) is 19.3. The molecule has 3 nitrogen and oxygen atoms in total. The van der Waals surface area contributed by atoms with Crippen molar-refractivity contribution in [3.63, 3.8) is 0 Å². The number of hydrogen-bond donors (Lipinski definition) is 0. The van der Waals surface area contributed by atoms with E-state index in [4.69, 9.17) is 0 Å². The predicted octanol–water partition coefficient (Wildman–Crippen LogP) is 21.7. The first-order valence-electron chi connectivity index (χ1n) is 27.0. The fourth-order valence-corrected chi connectivity index (χ4v) is 11.3. The standard InChI is InChI=1S/C71H80BrN3/c1-66(2,3)47-25-33-52(34-26-47)73(53-35-27-48(28-36-53)67(4,5)6)56-21-20-22-57(45-56)75(58-41-42-60-59-23-18-19-24-61(59)71(16,17)62(60)46-58)64-44-51(70(13,14)15)43-63(65(64)72)74(54-37-29-49(30-38-54)68(7,8)9)55-39-31-50(32-40-55)69(10,11)12/h18-46H,1-17H3. The number of anilines is 9. The van der Waals surface area contributed by atoms with Gasteiger partial charge >= 0.3 is 0 Å². The highest BCUT2D eigenvalue weighted by Crippen LogP contribution is 2.54. The lowest BCUT2D eigenvalue weighted by molar-refractivity contribution is 0.589. The van der Waals surface area contributed by atoms with Crippen molar-refractivity contribution >= 4 is 67.1 Å². The van der Waals surface area contributed by atoms with Crippen molar-refractivity contribution in [2.24, 2.45) is 0 Å². The van der Waals surface area contributed by atoms with Crippen molar-refractivity contribution in [3.8, 4) is 11.1 Å². The Bertz CT molecular complexity index is 3230. The van der Waals surface area contributed by atoms with Crippen LogP contribution in [-0.4, -0.2) is 0 Å². The van der Waals surface area contributed by atoms with Crippen molar-refractivity contribution < 1.29 is 0 Å². The zero-order chi connectivity index (χ0) is 54.2. The molecule has 1 aliphatic rings. The molecule has 0 saturated carbocycles. The molecule has 0 spiro atoms. The van der Waals surface area contributed by atoms with E-state index in [0.717, 1.165) is 55.7 Å². The van der Waals surface area contributed by atoms with Gasteiger partial charge in [0.25, 0.3) is 0 Å². The van der Waals surface area contributed by atoms with Gasteiger partial charge in [-0.25, -0.2) is 0 Å². The van der Waals surface area contributed by atoms with E-state index in [1.165, 1.54) is 50.1 Å². The molecule has 4 heteroatoms. The zero-order valence-corrected chi connectivity index (χ0v) is 49.5. The number of benzene rings is 8. The highest BCUT2D eigenvalue weighted by atomic mass is 79.9. The Labute approximate surface area is 459 Å². The second-order valence-electron chi connectivity index (χ2n) is 26.7. The molecule has 0 bridgehead atoms. The second-order valence-corrected chi connectivity index (χ2v) is 27.5. The fourth-order valence-electron chi connectivity index (χ4n) is 10.7. The Hall–Kier alpha value is -6.36. The van der Waals surface area contributed by atoms with Crippen LogP contribution in [0.1, 0.15) is 157 Å². The maximum absolute atomic E-state index is 4.45. The summed E-state index contributed by atoms with van der Waals surface area (Å²) < 4.78 is 0.996. The smallest absolute Gasteiger partial charge is 0.0657 e. The number of nitrogens with zero attached hydrogens (tertiary/aromatic N) is 3. The molecule has 0 unspecified atom stereocenters. The SMILES string of the molecule is CC(C)(C)c1ccc(N(c2ccc(C(C)(C)C)cc2)c2cccc(N(c3ccc4c(c3)C(C)(C)c3ccccc3-4)c3cc(C(C)(C)C)cc(N(c4ccc(C(C)(C)C)cc4)c4ccc(C(C)(C)C)cc4)c3Br)c2)cc1. The van der Waals surface area contributed by atoms with Crippen LogP contribution in [0.5, 0.6) is 0 Å². The van der Waals surface area contributed by atoms with Gasteiger partial charge in [0.2, 0.25) is 0 Å². The van der Waals surface area contributed by atoms with Gasteiger partial charge in [-0.2, -0.15) is 0 Å². The maximum atomic E-state index is 4.45. The first-order chi connectivity index (χ1) is 35.0. The third-order valence-electron chi connectivity index (χ3n) is 15.5. The monoisotopic (exact) mass is 1050 g/mol. The molecule has 386 valence electrons. The van der Waals surface area contributed by atoms with E-state index in [2.05, 4.69) is 324 Å². The van der Waals surface area contributed by atoms with Crippen LogP contribution in [0.2, 0.25) is 0 Å². The summed E-state index contributed by atoms with van der Waals surface area (Å²) in [5.74, 6) is 0. The van der Waals surface area contributed by atoms with Crippen molar-refractivity contribution in [3.05, 3.63) is 219 Å². The van der Waals surface area contributed by atoms with Gasteiger partial charge < -0.3 is 14.7 Å². The average molecular weight is 1060 g/mol. The fraction of sp³-hybridized carbons (Fsp3) is 0.324. The molecule has 0 atom stereocenters. The Kier molecular flexibility index (Phi) is 13.8. The summed E-state index contributed by atoms with van der Waals surface area (Å²) in [6.45, 7) is 39.2. The number of halogens is 1. The molecule has 0 heterocycles. The van der Waals surface area contributed by atoms with Gasteiger partial charge in [-0.1, -0.05) is 203 Å². The molecule has 0 N–H and O–H groups in total. The van der Waals surface area contributed by atoms with E-state index in [-0.39, 0.29) is 32.5 Å². The highest BCUT2D eigenvalue weighted by Gasteiger charge is 2.37. The van der Waals surface area contributed by atoms with E-state index in [1.807, 2.05) is 0 Å². The van der Waals surface area contributed by atoms with E-state index < -0.39 is 0 Å². The van der Waals surface area contributed by atoms with Gasteiger partial charge in [-0.15, -0.1) is 0 Å². The summed E-state index contributed by atoms with van der Waals surface area (Å²) in [5, 5.41) is 0. The predicted molar refractivity (Wildman–Crippen MR) is 329 cm³/mol. The van der Waals surface area contributed by atoms with E-state index in [9.17, 15) is 0 Å². The van der Waals surface area contributed by atoms with Gasteiger partial charge in [0, 0.05) is 45.2 Å². The van der Waals surface area contributed by atoms with Gasteiger partial charge in [-0.3, -0.25) is 0 Å². The topological polar surface area (TPSA) is 9.72 Å². The van der Waals surface area contributed by atoms with Crippen molar-refractivity contribution in [1.29, 1.82) is 0 Å². The largest absolute Gasteiger partial charge is 0.310 e. The van der Waals surface area contributed by atoms with E-state index in [1.54, 1.807) is 0 Å². The minimum absolute atomic E-state index is 0.0137. The van der Waals surface area contributed by atoms with Gasteiger partial charge in [0.1, 0.15) is 0 Å². The number of rotatable bonds is 9. The Balaban J connectivity index is 1.32. The van der Waals surface area contributed by atoms with Crippen LogP contribution < -0.4 is 14.7 Å². The summed E-state index contributed by atoms with van der Waals surface area (Å²) in [5.41, 5.74) is 21.2. The Morgan fingerprint density at radius 3 is 1.01 bits per heavy atom. The molecular formula is C71H80BrN3. The normalized spacial score (nSPS) is 13.6. The first kappa shape index (κ1) is 53.5. The molecule has 0 aliphatic heterocycles. The van der Waals surface area contributed by atoms with Crippen molar-refractivity contribution in [2.75, 3.05) is 14.7 Å². The van der Waals surface area contributed by atoms with Gasteiger partial charge in [-0.05, 0) is 184 Å². The molecule has 9 rings (SSSR count). The third-order valence-corrected chi connectivity index (χ3v) is 16.3. The molecule has 0 saturated heterocycles. The molecule has 0 radical (unpaired) electrons. The van der Waals surface area contributed by atoms with Gasteiger partial charge in [0.05, 0.1) is 15.8 Å². The summed E-state index contributed by atoms with van der Waals surface area (Å²) in [6, 6.07) is 66.8. The summed E-state index contributed by atoms with van der Waals surface area (Å²) in [6.07, 6.45) is 0. The Morgan fingerprint density at radius 1 is 0.293 bits per heavy atom. The average Bonchev–Trinajstić information content (AvgIpc) is 3.57. The van der Waals surface area contributed by atoms with Crippen LogP contribution in [0.25, 0.3) is 11.1 Å². The Morgan fingerprint density at radius 2 is 0.613 bits per heavy atom. The maximum Gasteiger partial charge on any atom is 0.0657 e. The first-order valence-corrected chi connectivity index (χ1v) is 27.8. The van der Waals surface area contributed by atoms with Crippen LogP contribution >= 0.6 is 15.9 Å². The molecule has 8 aromatic rings. The number of hydrogen-bond acceptors (Lipinski definition) is 3. The zero-order valence-electron chi connectivity index (χ0n) is 48.0. The third kappa shape index (κ3) is 10.6. The summed E-state index contributed by atoms with van der Waals surface area (Å²) >= 11 is 4.45.